The molecule has 0 bridgehead atoms. The Labute approximate surface area is 140 Å². The average Bonchev–Trinajstić information content (AvgIpc) is 2.46. The molecule has 0 radical (unpaired) electrons. The van der Waals surface area contributed by atoms with Crippen LogP contribution in [0.3, 0.4) is 0 Å². The van der Waals surface area contributed by atoms with E-state index >= 15 is 0 Å². The first kappa shape index (κ1) is 13.0. The van der Waals surface area contributed by atoms with Gasteiger partial charge in [-0.1, -0.05) is 37.6 Å². The molecule has 2 heterocycles. The number of rotatable bonds is 2. The number of benzene rings is 1. The molecule has 3 rings (SSSR count). The number of fused-ring (bicyclic) bond motifs is 1. The van der Waals surface area contributed by atoms with Crippen LogP contribution in [0.15, 0.2) is 24.3 Å². The van der Waals surface area contributed by atoms with Gasteiger partial charge < -0.3 is 4.90 Å². The Morgan fingerprint density at radius 3 is 2.73 bits per heavy atom. The van der Waals surface area contributed by atoms with Gasteiger partial charge in [-0.2, -0.15) is 0 Å². The topological polar surface area (TPSA) is 16.1 Å². The average molecular weight is 317 g/mol. The van der Waals surface area contributed by atoms with E-state index in [1.54, 1.807) is 6.07 Å². The summed E-state index contributed by atoms with van der Waals surface area (Å²) in [5.41, 5.74) is 5.57. The second-order valence-electron chi connectivity index (χ2n) is 6.30. The molecule has 2 aromatic rings. The standard InChI is InChI=1S/C19H23ClN2/c1-12(2)15-6-5-13(3)18(10-15)22-8-7-17-16(11-22)14(4)9-19(20)21-17/h5-6,9-10,12H,7-8,11H2,1-4H3/i11D2. The number of pyridine rings is 1. The first-order valence-corrected chi connectivity index (χ1v) is 8.14. The lowest BCUT2D eigenvalue weighted by Gasteiger charge is -2.32. The van der Waals surface area contributed by atoms with Crippen molar-refractivity contribution in [3.63, 3.8) is 0 Å². The van der Waals surface area contributed by atoms with Gasteiger partial charge in [0.15, 0.2) is 0 Å². The molecule has 0 saturated heterocycles. The van der Waals surface area contributed by atoms with E-state index in [0.29, 0.717) is 29.6 Å². The zero-order valence-electron chi connectivity index (χ0n) is 15.6. The Balaban J connectivity index is 2.13. The lowest BCUT2D eigenvalue weighted by atomic mass is 9.97. The Morgan fingerprint density at radius 2 is 2.00 bits per heavy atom. The van der Waals surface area contributed by atoms with E-state index < -0.39 is 6.50 Å². The maximum absolute atomic E-state index is 8.80. The van der Waals surface area contributed by atoms with Crippen LogP contribution in [0.2, 0.25) is 5.15 Å². The van der Waals surface area contributed by atoms with Crippen molar-refractivity contribution < 1.29 is 2.74 Å². The Morgan fingerprint density at radius 1 is 1.23 bits per heavy atom. The van der Waals surface area contributed by atoms with Crippen LogP contribution >= 0.6 is 11.6 Å². The molecule has 0 unspecified atom stereocenters. The van der Waals surface area contributed by atoms with Crippen molar-refractivity contribution in [3.8, 4) is 0 Å². The summed E-state index contributed by atoms with van der Waals surface area (Å²) in [6.07, 6.45) is 0.696. The number of nitrogens with zero attached hydrogens (tertiary/aromatic N) is 2. The summed E-state index contributed by atoms with van der Waals surface area (Å²) in [6.45, 7) is 7.25. The third-order valence-corrected chi connectivity index (χ3v) is 4.46. The van der Waals surface area contributed by atoms with Crippen molar-refractivity contribution in [1.82, 2.24) is 4.98 Å². The van der Waals surface area contributed by atoms with Crippen LogP contribution in [0.25, 0.3) is 0 Å². The summed E-state index contributed by atoms with van der Waals surface area (Å²) in [6, 6.07) is 8.09. The molecule has 1 aliphatic rings. The molecule has 0 spiro atoms. The van der Waals surface area contributed by atoms with Crippen molar-refractivity contribution in [2.75, 3.05) is 11.4 Å². The van der Waals surface area contributed by atoms with E-state index in [1.165, 1.54) is 5.56 Å². The quantitative estimate of drug-likeness (QED) is 0.722. The van der Waals surface area contributed by atoms with E-state index in [4.69, 9.17) is 14.3 Å². The van der Waals surface area contributed by atoms with E-state index in [9.17, 15) is 0 Å². The third-order valence-electron chi connectivity index (χ3n) is 4.27. The lowest BCUT2D eigenvalue weighted by Crippen LogP contribution is -2.32. The predicted molar refractivity (Wildman–Crippen MR) is 94.0 cm³/mol. The fourth-order valence-electron chi connectivity index (χ4n) is 2.89. The highest BCUT2D eigenvalue weighted by atomic mass is 35.5. The first-order chi connectivity index (χ1) is 11.2. The number of hydrogen-bond donors (Lipinski definition) is 0. The highest BCUT2D eigenvalue weighted by Crippen LogP contribution is 2.31. The zero-order chi connectivity index (χ0) is 17.6. The van der Waals surface area contributed by atoms with Crippen molar-refractivity contribution in [3.05, 3.63) is 57.4 Å². The molecule has 116 valence electrons. The largest absolute Gasteiger partial charge is 0.367 e. The van der Waals surface area contributed by atoms with Gasteiger partial charge in [0.05, 0.1) is 2.74 Å². The molecule has 1 aromatic carbocycles. The van der Waals surface area contributed by atoms with Gasteiger partial charge in [-0.25, -0.2) is 4.98 Å². The van der Waals surface area contributed by atoms with Gasteiger partial charge in [-0.05, 0) is 54.2 Å². The molecule has 3 heteroatoms. The lowest BCUT2D eigenvalue weighted by molar-refractivity contribution is 0.704. The SMILES string of the molecule is [2H]C1([2H])c2c(C)cc(Cl)nc2CCN1c1cc(C(C)C)ccc1C. The molecular formula is C19H23ClN2. The minimum Gasteiger partial charge on any atom is -0.367 e. The van der Waals surface area contributed by atoms with Gasteiger partial charge >= 0.3 is 0 Å². The summed E-state index contributed by atoms with van der Waals surface area (Å²) in [5.74, 6) is 0.412. The van der Waals surface area contributed by atoms with Gasteiger partial charge in [0, 0.05) is 30.8 Å². The van der Waals surface area contributed by atoms with Crippen LogP contribution in [0.4, 0.5) is 5.69 Å². The predicted octanol–water partition coefficient (Wildman–Crippen LogP) is 5.04. The van der Waals surface area contributed by atoms with Gasteiger partial charge in [0.1, 0.15) is 5.15 Å². The Bertz CT molecular complexity index is 787. The van der Waals surface area contributed by atoms with Gasteiger partial charge in [0.25, 0.3) is 0 Å². The summed E-state index contributed by atoms with van der Waals surface area (Å²) >= 11 is 6.06. The summed E-state index contributed by atoms with van der Waals surface area (Å²) in [4.78, 5) is 6.24. The monoisotopic (exact) mass is 316 g/mol. The number of aromatic nitrogens is 1. The van der Waals surface area contributed by atoms with Crippen LogP contribution < -0.4 is 4.90 Å². The third kappa shape index (κ3) is 2.85. The highest BCUT2D eigenvalue weighted by molar-refractivity contribution is 6.29. The van der Waals surface area contributed by atoms with Crippen molar-refractivity contribution >= 4 is 17.3 Å². The molecule has 0 fully saturated rings. The van der Waals surface area contributed by atoms with E-state index in [0.717, 1.165) is 22.5 Å². The van der Waals surface area contributed by atoms with Crippen LogP contribution in [0, 0.1) is 13.8 Å². The number of aryl methyl sites for hydroxylation is 2. The Hall–Kier alpha value is -1.54. The molecule has 2 nitrogen and oxygen atoms in total. The van der Waals surface area contributed by atoms with Gasteiger partial charge in [-0.15, -0.1) is 0 Å². The molecule has 0 aliphatic carbocycles. The molecular weight excluding hydrogens is 292 g/mol. The number of halogens is 1. The van der Waals surface area contributed by atoms with Crippen LogP contribution in [-0.2, 0) is 12.9 Å². The summed E-state index contributed by atoms with van der Waals surface area (Å²) in [7, 11) is 0. The molecule has 1 aliphatic heterocycles. The highest BCUT2D eigenvalue weighted by Gasteiger charge is 2.21. The minimum atomic E-state index is -1.60. The van der Waals surface area contributed by atoms with Crippen molar-refractivity contribution in [1.29, 1.82) is 0 Å². The Kier molecular flexibility index (Phi) is 3.49. The summed E-state index contributed by atoms with van der Waals surface area (Å²) < 4.78 is 17.6. The fraction of sp³-hybridized carbons (Fsp3) is 0.421. The molecule has 0 amide bonds. The maximum atomic E-state index is 8.80. The van der Waals surface area contributed by atoms with Crippen LogP contribution in [0.5, 0.6) is 0 Å². The molecule has 22 heavy (non-hydrogen) atoms. The van der Waals surface area contributed by atoms with Crippen molar-refractivity contribution in [2.24, 2.45) is 0 Å². The second kappa shape index (κ2) is 5.92. The number of anilines is 1. The summed E-state index contributed by atoms with van der Waals surface area (Å²) in [5, 5.41) is 0.438. The van der Waals surface area contributed by atoms with E-state index in [1.807, 2.05) is 18.7 Å². The molecule has 0 atom stereocenters. The number of hydrogen-bond acceptors (Lipinski definition) is 2. The fourth-order valence-corrected chi connectivity index (χ4v) is 3.16. The van der Waals surface area contributed by atoms with E-state index in [2.05, 4.69) is 37.0 Å². The second-order valence-corrected chi connectivity index (χ2v) is 6.68. The first-order valence-electron chi connectivity index (χ1n) is 8.76. The zero-order valence-corrected chi connectivity index (χ0v) is 14.3. The van der Waals surface area contributed by atoms with E-state index in [-0.39, 0.29) is 0 Å². The maximum Gasteiger partial charge on any atom is 0.129 e. The molecule has 0 N–H and O–H groups in total. The van der Waals surface area contributed by atoms with Crippen LogP contribution in [-0.4, -0.2) is 11.5 Å². The molecule has 0 saturated carbocycles. The normalized spacial score (nSPS) is 18.0. The van der Waals surface area contributed by atoms with Crippen LogP contribution in [0.1, 0.15) is 50.5 Å². The van der Waals surface area contributed by atoms with Gasteiger partial charge in [0.2, 0.25) is 0 Å². The molecule has 1 aromatic heterocycles. The van der Waals surface area contributed by atoms with Gasteiger partial charge in [-0.3, -0.25) is 0 Å². The minimum absolute atomic E-state index is 0.412. The van der Waals surface area contributed by atoms with Crippen molar-refractivity contribution in [2.45, 2.75) is 46.5 Å². The smallest absolute Gasteiger partial charge is 0.129 e.